The first-order valence-corrected chi connectivity index (χ1v) is 7.12. The first-order valence-electron chi connectivity index (χ1n) is 7.12. The lowest BCUT2D eigenvalue weighted by atomic mass is 10.0. The molecule has 0 aliphatic carbocycles. The van der Waals surface area contributed by atoms with Crippen molar-refractivity contribution in [3.8, 4) is 0 Å². The molecular weight excluding hydrogens is 196 g/mol. The maximum atomic E-state index is 3.64. The minimum atomic E-state index is 0.687. The number of hydrogen-bond acceptors (Lipinski definition) is 2. The highest BCUT2D eigenvalue weighted by atomic mass is 15.2. The van der Waals surface area contributed by atoms with Crippen LogP contribution in [0, 0.1) is 5.92 Å². The predicted molar refractivity (Wildman–Crippen MR) is 71.8 cm³/mol. The van der Waals surface area contributed by atoms with E-state index in [-0.39, 0.29) is 0 Å². The number of unbranched alkanes of at least 4 members (excludes halogenated alkanes) is 2. The SMILES string of the molecule is CCCCCN(CC1NCCC1C)C(C)C. The van der Waals surface area contributed by atoms with Crippen LogP contribution in [0.3, 0.4) is 0 Å². The summed E-state index contributed by atoms with van der Waals surface area (Å²) in [7, 11) is 0. The molecule has 0 aromatic rings. The molecule has 1 aliphatic heterocycles. The zero-order chi connectivity index (χ0) is 12.0. The summed E-state index contributed by atoms with van der Waals surface area (Å²) < 4.78 is 0. The molecule has 0 saturated carbocycles. The fourth-order valence-electron chi connectivity index (χ4n) is 2.52. The third kappa shape index (κ3) is 4.42. The van der Waals surface area contributed by atoms with E-state index in [1.807, 2.05) is 0 Å². The molecular formula is C14H30N2. The fourth-order valence-corrected chi connectivity index (χ4v) is 2.52. The van der Waals surface area contributed by atoms with Gasteiger partial charge in [0.05, 0.1) is 0 Å². The van der Waals surface area contributed by atoms with E-state index in [9.17, 15) is 0 Å². The Morgan fingerprint density at radius 3 is 2.56 bits per heavy atom. The van der Waals surface area contributed by atoms with E-state index in [1.54, 1.807) is 0 Å². The number of hydrogen-bond donors (Lipinski definition) is 1. The van der Waals surface area contributed by atoms with Crippen molar-refractivity contribution in [1.29, 1.82) is 0 Å². The second kappa shape index (κ2) is 7.29. The highest BCUT2D eigenvalue weighted by molar-refractivity contribution is 4.84. The van der Waals surface area contributed by atoms with Gasteiger partial charge in [0.25, 0.3) is 0 Å². The van der Waals surface area contributed by atoms with E-state index in [0.29, 0.717) is 6.04 Å². The summed E-state index contributed by atoms with van der Waals surface area (Å²) in [5, 5.41) is 3.64. The number of rotatable bonds is 7. The summed E-state index contributed by atoms with van der Waals surface area (Å²) in [6.45, 7) is 13.0. The molecule has 2 unspecified atom stereocenters. The Morgan fingerprint density at radius 1 is 1.31 bits per heavy atom. The van der Waals surface area contributed by atoms with E-state index in [1.165, 1.54) is 45.3 Å². The van der Waals surface area contributed by atoms with E-state index in [0.717, 1.165) is 12.0 Å². The highest BCUT2D eigenvalue weighted by Crippen LogP contribution is 2.16. The molecule has 1 heterocycles. The van der Waals surface area contributed by atoms with Gasteiger partial charge in [-0.2, -0.15) is 0 Å². The predicted octanol–water partition coefficient (Wildman–Crippen LogP) is 2.89. The van der Waals surface area contributed by atoms with Crippen molar-refractivity contribution in [3.63, 3.8) is 0 Å². The topological polar surface area (TPSA) is 15.3 Å². The molecule has 0 aromatic carbocycles. The lowest BCUT2D eigenvalue weighted by Gasteiger charge is -2.30. The lowest BCUT2D eigenvalue weighted by Crippen LogP contribution is -2.43. The molecule has 2 atom stereocenters. The van der Waals surface area contributed by atoms with Gasteiger partial charge in [-0.05, 0) is 45.7 Å². The van der Waals surface area contributed by atoms with Crippen LogP contribution in [0.15, 0.2) is 0 Å². The smallest absolute Gasteiger partial charge is 0.0221 e. The number of nitrogens with one attached hydrogen (secondary N) is 1. The van der Waals surface area contributed by atoms with Gasteiger partial charge in [0.2, 0.25) is 0 Å². The molecule has 2 nitrogen and oxygen atoms in total. The molecule has 0 amide bonds. The van der Waals surface area contributed by atoms with Crippen LogP contribution in [-0.2, 0) is 0 Å². The van der Waals surface area contributed by atoms with Crippen LogP contribution in [-0.4, -0.2) is 36.6 Å². The monoisotopic (exact) mass is 226 g/mol. The minimum Gasteiger partial charge on any atom is -0.312 e. The van der Waals surface area contributed by atoms with Gasteiger partial charge in [0.1, 0.15) is 0 Å². The summed E-state index contributed by atoms with van der Waals surface area (Å²) in [6.07, 6.45) is 5.40. The molecule has 0 spiro atoms. The lowest BCUT2D eigenvalue weighted by molar-refractivity contribution is 0.187. The van der Waals surface area contributed by atoms with Crippen LogP contribution >= 0.6 is 0 Å². The van der Waals surface area contributed by atoms with Crippen molar-refractivity contribution in [2.75, 3.05) is 19.6 Å². The Bertz CT molecular complexity index is 180. The molecule has 0 aromatic heterocycles. The summed E-state index contributed by atoms with van der Waals surface area (Å²) in [5.41, 5.74) is 0. The Balaban J connectivity index is 2.32. The maximum absolute atomic E-state index is 3.64. The first kappa shape index (κ1) is 14.0. The molecule has 1 saturated heterocycles. The van der Waals surface area contributed by atoms with E-state index >= 15 is 0 Å². The van der Waals surface area contributed by atoms with Crippen molar-refractivity contribution in [1.82, 2.24) is 10.2 Å². The summed E-state index contributed by atoms with van der Waals surface area (Å²) in [4.78, 5) is 2.65. The molecule has 1 N–H and O–H groups in total. The summed E-state index contributed by atoms with van der Waals surface area (Å²) in [6, 6.07) is 1.41. The van der Waals surface area contributed by atoms with Gasteiger partial charge >= 0.3 is 0 Å². The fraction of sp³-hybridized carbons (Fsp3) is 1.00. The quantitative estimate of drug-likeness (QED) is 0.672. The Labute approximate surface area is 102 Å². The van der Waals surface area contributed by atoms with Crippen LogP contribution in [0.25, 0.3) is 0 Å². The van der Waals surface area contributed by atoms with Gasteiger partial charge in [0.15, 0.2) is 0 Å². The molecule has 16 heavy (non-hydrogen) atoms. The van der Waals surface area contributed by atoms with Gasteiger partial charge < -0.3 is 5.32 Å². The number of nitrogens with zero attached hydrogens (tertiary/aromatic N) is 1. The molecule has 96 valence electrons. The van der Waals surface area contributed by atoms with Crippen LogP contribution in [0.5, 0.6) is 0 Å². The van der Waals surface area contributed by atoms with Crippen molar-refractivity contribution in [3.05, 3.63) is 0 Å². The van der Waals surface area contributed by atoms with Crippen LogP contribution in [0.1, 0.15) is 53.4 Å². The van der Waals surface area contributed by atoms with Crippen LogP contribution in [0.2, 0.25) is 0 Å². The summed E-state index contributed by atoms with van der Waals surface area (Å²) >= 11 is 0. The van der Waals surface area contributed by atoms with Gasteiger partial charge in [0, 0.05) is 18.6 Å². The zero-order valence-corrected chi connectivity index (χ0v) is 11.6. The van der Waals surface area contributed by atoms with Crippen LogP contribution < -0.4 is 5.32 Å². The van der Waals surface area contributed by atoms with Gasteiger partial charge in [-0.3, -0.25) is 4.90 Å². The average molecular weight is 226 g/mol. The summed E-state index contributed by atoms with van der Waals surface area (Å²) in [5.74, 6) is 0.854. The largest absolute Gasteiger partial charge is 0.312 e. The Hall–Kier alpha value is -0.0800. The van der Waals surface area contributed by atoms with E-state index < -0.39 is 0 Å². The third-order valence-corrected chi connectivity index (χ3v) is 3.90. The van der Waals surface area contributed by atoms with Crippen molar-refractivity contribution in [2.24, 2.45) is 5.92 Å². The molecule has 1 fully saturated rings. The van der Waals surface area contributed by atoms with Gasteiger partial charge in [-0.1, -0.05) is 26.7 Å². The maximum Gasteiger partial charge on any atom is 0.0221 e. The molecule has 0 radical (unpaired) electrons. The molecule has 1 rings (SSSR count). The molecule has 1 aliphatic rings. The second-order valence-electron chi connectivity index (χ2n) is 5.62. The Morgan fingerprint density at radius 2 is 2.06 bits per heavy atom. The van der Waals surface area contributed by atoms with Gasteiger partial charge in [-0.15, -0.1) is 0 Å². The van der Waals surface area contributed by atoms with E-state index in [4.69, 9.17) is 0 Å². The highest BCUT2D eigenvalue weighted by Gasteiger charge is 2.25. The zero-order valence-electron chi connectivity index (χ0n) is 11.6. The van der Waals surface area contributed by atoms with Crippen molar-refractivity contribution < 1.29 is 0 Å². The standard InChI is InChI=1S/C14H30N2/c1-5-6-7-10-16(12(2)3)11-14-13(4)8-9-15-14/h12-15H,5-11H2,1-4H3. The minimum absolute atomic E-state index is 0.687. The average Bonchev–Trinajstić information content (AvgIpc) is 2.63. The normalized spacial score (nSPS) is 25.9. The van der Waals surface area contributed by atoms with Gasteiger partial charge in [-0.25, -0.2) is 0 Å². The third-order valence-electron chi connectivity index (χ3n) is 3.90. The van der Waals surface area contributed by atoms with Crippen molar-refractivity contribution in [2.45, 2.75) is 65.5 Å². The van der Waals surface area contributed by atoms with Crippen LogP contribution in [0.4, 0.5) is 0 Å². The molecule has 2 heteroatoms. The molecule has 0 bridgehead atoms. The second-order valence-corrected chi connectivity index (χ2v) is 5.62. The van der Waals surface area contributed by atoms with Crippen molar-refractivity contribution >= 4 is 0 Å². The first-order chi connectivity index (χ1) is 7.65. The van der Waals surface area contributed by atoms with E-state index in [2.05, 4.69) is 37.9 Å². The Kier molecular flexibility index (Phi) is 6.37.